The molecule has 0 aliphatic carbocycles. The highest BCUT2D eigenvalue weighted by molar-refractivity contribution is 6.07. The summed E-state index contributed by atoms with van der Waals surface area (Å²) in [5.74, 6) is 1.01. The summed E-state index contributed by atoms with van der Waals surface area (Å²) >= 11 is 0. The number of hydrogen-bond acceptors (Lipinski definition) is 7. The zero-order valence-corrected chi connectivity index (χ0v) is 17.5. The van der Waals surface area contributed by atoms with Crippen molar-refractivity contribution >= 4 is 22.7 Å². The minimum Gasteiger partial charge on any atom is -0.497 e. The molecule has 0 saturated carbocycles. The third-order valence-corrected chi connectivity index (χ3v) is 5.54. The van der Waals surface area contributed by atoms with Crippen molar-refractivity contribution < 1.29 is 24.2 Å². The SMILES string of the molecule is COc1ccc2cn(C[C@@]3(c4ccc(Oc5cncnc5)cc4)NC(=O)NC3=O)c(O)c2c1. The van der Waals surface area contributed by atoms with E-state index in [4.69, 9.17) is 9.47 Å². The highest BCUT2D eigenvalue weighted by Gasteiger charge is 2.48. The lowest BCUT2D eigenvalue weighted by Gasteiger charge is -2.27. The molecule has 3 amide bonds. The first-order valence-electron chi connectivity index (χ1n) is 10.0. The Balaban J connectivity index is 1.51. The molecule has 0 radical (unpaired) electrons. The Labute approximate surface area is 187 Å². The average Bonchev–Trinajstić information content (AvgIpc) is 3.29. The highest BCUT2D eigenvalue weighted by atomic mass is 16.5. The molecule has 2 aromatic carbocycles. The molecule has 3 N–H and O–H groups in total. The van der Waals surface area contributed by atoms with Crippen molar-refractivity contribution in [2.24, 2.45) is 0 Å². The summed E-state index contributed by atoms with van der Waals surface area (Å²) in [4.78, 5) is 32.9. The third-order valence-electron chi connectivity index (χ3n) is 5.54. The van der Waals surface area contributed by atoms with Crippen LogP contribution in [-0.2, 0) is 16.9 Å². The number of aromatic hydroxyl groups is 1. The third kappa shape index (κ3) is 3.57. The molecule has 33 heavy (non-hydrogen) atoms. The van der Waals surface area contributed by atoms with Crippen molar-refractivity contribution in [2.75, 3.05) is 7.11 Å². The van der Waals surface area contributed by atoms with E-state index in [1.165, 1.54) is 23.3 Å². The van der Waals surface area contributed by atoms with E-state index in [1.54, 1.807) is 49.7 Å². The van der Waals surface area contributed by atoms with Gasteiger partial charge >= 0.3 is 6.03 Å². The van der Waals surface area contributed by atoms with Crippen LogP contribution in [0, 0.1) is 0 Å². The van der Waals surface area contributed by atoms with Gasteiger partial charge in [-0.2, -0.15) is 0 Å². The van der Waals surface area contributed by atoms with Gasteiger partial charge in [0.1, 0.15) is 17.8 Å². The number of carbonyl (C=O) groups is 2. The maximum absolute atomic E-state index is 13.0. The van der Waals surface area contributed by atoms with E-state index in [2.05, 4.69) is 20.6 Å². The standard InChI is InChI=1S/C23H19N5O5/c1-32-17-5-2-14-11-28(20(29)19(14)8-17)12-23(21(30)26-22(31)27-23)15-3-6-16(7-4-15)33-18-9-24-13-25-10-18/h2-11,13,29H,12H2,1H3,(H2,26,27,30,31)/t23-/m0/s1. The Bertz CT molecular complexity index is 1350. The predicted octanol–water partition coefficient (Wildman–Crippen LogP) is 2.67. The molecule has 1 aliphatic heterocycles. The number of hydrogen-bond donors (Lipinski definition) is 3. The monoisotopic (exact) mass is 445 g/mol. The number of urea groups is 1. The Kier molecular flexibility index (Phi) is 4.82. The first-order chi connectivity index (χ1) is 16.0. The Hall–Kier alpha value is -4.60. The van der Waals surface area contributed by atoms with Gasteiger partial charge in [0.2, 0.25) is 0 Å². The lowest BCUT2D eigenvalue weighted by Crippen LogP contribution is -2.47. The summed E-state index contributed by atoms with van der Waals surface area (Å²) in [6.07, 6.45) is 6.18. The van der Waals surface area contributed by atoms with Gasteiger partial charge in [0.05, 0.1) is 26.0 Å². The normalized spacial score (nSPS) is 17.6. The van der Waals surface area contributed by atoms with Crippen LogP contribution >= 0.6 is 0 Å². The van der Waals surface area contributed by atoms with E-state index >= 15 is 0 Å². The van der Waals surface area contributed by atoms with Crippen LogP contribution in [0.5, 0.6) is 23.1 Å². The van der Waals surface area contributed by atoms with Crippen LogP contribution in [0.1, 0.15) is 5.56 Å². The van der Waals surface area contributed by atoms with E-state index in [9.17, 15) is 14.7 Å². The van der Waals surface area contributed by atoms with Crippen molar-refractivity contribution in [1.29, 1.82) is 0 Å². The van der Waals surface area contributed by atoms with Gasteiger partial charge in [-0.1, -0.05) is 12.1 Å². The number of fused-ring (bicyclic) bond motifs is 1. The second-order valence-electron chi connectivity index (χ2n) is 7.55. The Morgan fingerprint density at radius 2 is 1.76 bits per heavy atom. The van der Waals surface area contributed by atoms with Crippen molar-refractivity contribution in [3.63, 3.8) is 0 Å². The molecule has 4 aromatic rings. The second-order valence-corrected chi connectivity index (χ2v) is 7.55. The number of methoxy groups -OCH3 is 1. The number of imide groups is 1. The van der Waals surface area contributed by atoms with Crippen LogP contribution in [-0.4, -0.2) is 38.7 Å². The van der Waals surface area contributed by atoms with Crippen molar-refractivity contribution in [3.8, 4) is 23.1 Å². The molecule has 1 saturated heterocycles. The quantitative estimate of drug-likeness (QED) is 0.389. The number of benzene rings is 2. The minimum atomic E-state index is -1.43. The van der Waals surface area contributed by atoms with E-state index in [0.29, 0.717) is 28.2 Å². The number of rotatable bonds is 6. The van der Waals surface area contributed by atoms with Gasteiger partial charge in [-0.25, -0.2) is 14.8 Å². The zero-order chi connectivity index (χ0) is 23.0. The number of ether oxygens (including phenoxy) is 2. The van der Waals surface area contributed by atoms with Crippen molar-refractivity contribution in [2.45, 2.75) is 12.1 Å². The summed E-state index contributed by atoms with van der Waals surface area (Å²) in [6.45, 7) is -0.0276. The molecule has 0 unspecified atom stereocenters. The molecule has 10 heteroatoms. The number of amides is 3. The molecule has 1 fully saturated rings. The van der Waals surface area contributed by atoms with Crippen LogP contribution in [0.15, 0.2) is 67.4 Å². The van der Waals surface area contributed by atoms with E-state index in [1.807, 2.05) is 6.07 Å². The summed E-state index contributed by atoms with van der Waals surface area (Å²) in [5.41, 5.74) is -0.903. The van der Waals surface area contributed by atoms with E-state index in [0.717, 1.165) is 5.39 Å². The lowest BCUT2D eigenvalue weighted by molar-refractivity contribution is -0.124. The number of nitrogens with one attached hydrogen (secondary N) is 2. The summed E-state index contributed by atoms with van der Waals surface area (Å²) in [7, 11) is 1.54. The number of aromatic nitrogens is 3. The fourth-order valence-electron chi connectivity index (χ4n) is 3.91. The second kappa shape index (κ2) is 7.83. The van der Waals surface area contributed by atoms with Crippen LogP contribution in [0.25, 0.3) is 10.8 Å². The molecule has 0 bridgehead atoms. The zero-order valence-electron chi connectivity index (χ0n) is 17.5. The summed E-state index contributed by atoms with van der Waals surface area (Å²) in [6, 6.07) is 11.4. The topological polar surface area (TPSA) is 128 Å². The van der Waals surface area contributed by atoms with Crippen LogP contribution < -0.4 is 20.1 Å². The van der Waals surface area contributed by atoms with Gasteiger partial charge in [0, 0.05) is 17.0 Å². The Morgan fingerprint density at radius 1 is 1.03 bits per heavy atom. The molecular formula is C23H19N5O5. The minimum absolute atomic E-state index is 0.0276. The predicted molar refractivity (Wildman–Crippen MR) is 117 cm³/mol. The van der Waals surface area contributed by atoms with E-state index < -0.39 is 17.5 Å². The summed E-state index contributed by atoms with van der Waals surface area (Å²) < 4.78 is 12.5. The Morgan fingerprint density at radius 3 is 2.42 bits per heavy atom. The average molecular weight is 445 g/mol. The van der Waals surface area contributed by atoms with Gasteiger partial charge in [0.25, 0.3) is 5.91 Å². The van der Waals surface area contributed by atoms with Gasteiger partial charge in [-0.05, 0) is 35.9 Å². The van der Waals surface area contributed by atoms with Crippen LogP contribution in [0.3, 0.4) is 0 Å². The molecular weight excluding hydrogens is 426 g/mol. The first kappa shape index (κ1) is 20.3. The fraction of sp³-hybridized carbons (Fsp3) is 0.130. The van der Waals surface area contributed by atoms with Gasteiger partial charge < -0.3 is 24.5 Å². The van der Waals surface area contributed by atoms with Gasteiger partial charge in [-0.3, -0.25) is 10.1 Å². The molecule has 0 spiro atoms. The van der Waals surface area contributed by atoms with Crippen molar-refractivity contribution in [1.82, 2.24) is 25.2 Å². The first-order valence-corrected chi connectivity index (χ1v) is 10.0. The molecule has 1 aliphatic rings. The smallest absolute Gasteiger partial charge is 0.322 e. The lowest BCUT2D eigenvalue weighted by atomic mass is 9.89. The molecule has 2 aromatic heterocycles. The number of nitrogens with zero attached hydrogens (tertiary/aromatic N) is 3. The van der Waals surface area contributed by atoms with Crippen LogP contribution in [0.4, 0.5) is 4.79 Å². The van der Waals surface area contributed by atoms with Gasteiger partial charge in [-0.15, -0.1) is 0 Å². The summed E-state index contributed by atoms with van der Waals surface area (Å²) in [5, 5.41) is 17.2. The largest absolute Gasteiger partial charge is 0.497 e. The maximum Gasteiger partial charge on any atom is 0.322 e. The maximum atomic E-state index is 13.0. The van der Waals surface area contributed by atoms with Gasteiger partial charge in [0.15, 0.2) is 17.2 Å². The molecule has 1 atom stereocenters. The van der Waals surface area contributed by atoms with Crippen molar-refractivity contribution in [3.05, 3.63) is 72.9 Å². The highest BCUT2D eigenvalue weighted by Crippen LogP contribution is 2.35. The fourth-order valence-corrected chi connectivity index (χ4v) is 3.91. The molecule has 166 valence electrons. The van der Waals surface area contributed by atoms with E-state index in [-0.39, 0.29) is 12.4 Å². The molecule has 10 nitrogen and oxygen atoms in total. The molecule has 3 heterocycles. The molecule has 5 rings (SSSR count). The number of carbonyl (C=O) groups excluding carboxylic acids is 2. The van der Waals surface area contributed by atoms with Crippen LogP contribution in [0.2, 0.25) is 0 Å².